The van der Waals surface area contributed by atoms with Crippen LogP contribution in [0.2, 0.25) is 0 Å². The number of hydrogen-bond donors (Lipinski definition) is 1. The third-order valence-electron chi connectivity index (χ3n) is 3.45. The number of amides is 1. The van der Waals surface area contributed by atoms with Crippen molar-refractivity contribution in [2.75, 3.05) is 6.54 Å². The molecule has 0 fully saturated rings. The highest BCUT2D eigenvalue weighted by atomic mass is 16.5. The topological polar surface area (TPSA) is 90.4 Å². The minimum Gasteiger partial charge on any atom is -0.470 e. The van der Waals surface area contributed by atoms with Gasteiger partial charge in [0.2, 0.25) is 5.76 Å². The highest BCUT2D eigenvalue weighted by Crippen LogP contribution is 2.26. The number of hydrogen-bond acceptors (Lipinski definition) is 6. The van der Waals surface area contributed by atoms with Crippen LogP contribution in [-0.4, -0.2) is 22.8 Å². The lowest BCUT2D eigenvalue weighted by atomic mass is 10.1. The molecule has 1 amide bonds. The summed E-state index contributed by atoms with van der Waals surface area (Å²) in [6.45, 7) is 4.36. The summed E-state index contributed by atoms with van der Waals surface area (Å²) in [5.74, 6) is 0.681. The van der Waals surface area contributed by atoms with E-state index in [0.717, 1.165) is 16.8 Å². The molecule has 0 aliphatic heterocycles. The number of carbonyl (C=O) groups excluding carboxylic acids is 1. The lowest BCUT2D eigenvalue weighted by Gasteiger charge is -2.03. The molecule has 3 aromatic rings. The molecule has 2 heterocycles. The number of ether oxygens (including phenoxy) is 1. The Kier molecular flexibility index (Phi) is 4.60. The van der Waals surface area contributed by atoms with Crippen LogP contribution >= 0.6 is 0 Å². The first-order valence-electron chi connectivity index (χ1n) is 7.57. The van der Waals surface area contributed by atoms with Crippen molar-refractivity contribution in [3.8, 4) is 17.1 Å². The number of aryl methyl sites for hydroxylation is 1. The van der Waals surface area contributed by atoms with E-state index >= 15 is 0 Å². The van der Waals surface area contributed by atoms with Crippen LogP contribution in [0.4, 0.5) is 0 Å². The van der Waals surface area contributed by atoms with E-state index in [4.69, 9.17) is 13.8 Å². The Bertz CT molecular complexity index is 823. The lowest BCUT2D eigenvalue weighted by Crippen LogP contribution is -2.21. The maximum atomic E-state index is 11.7. The molecule has 0 saturated heterocycles. The van der Waals surface area contributed by atoms with Gasteiger partial charge in [-0.15, -0.1) is 0 Å². The predicted octanol–water partition coefficient (Wildman–Crippen LogP) is 2.97. The first-order chi connectivity index (χ1) is 11.7. The van der Waals surface area contributed by atoms with Crippen molar-refractivity contribution in [2.24, 2.45) is 0 Å². The first kappa shape index (κ1) is 15.8. The van der Waals surface area contributed by atoms with Gasteiger partial charge in [0, 0.05) is 12.1 Å². The van der Waals surface area contributed by atoms with Crippen LogP contribution in [0, 0.1) is 6.92 Å². The van der Waals surface area contributed by atoms with E-state index < -0.39 is 0 Å². The van der Waals surface area contributed by atoms with E-state index in [1.807, 2.05) is 44.2 Å². The summed E-state index contributed by atoms with van der Waals surface area (Å²) in [7, 11) is 0. The SMILES string of the molecule is CCNC(=O)c1cc(OCc2c(-c3ccccc3)noc2C)no1. The zero-order chi connectivity index (χ0) is 16.9. The van der Waals surface area contributed by atoms with Crippen LogP contribution in [0.1, 0.15) is 28.8 Å². The van der Waals surface area contributed by atoms with E-state index in [-0.39, 0.29) is 24.2 Å². The Labute approximate surface area is 138 Å². The molecule has 0 spiro atoms. The summed E-state index contributed by atoms with van der Waals surface area (Å²) < 4.78 is 15.9. The summed E-state index contributed by atoms with van der Waals surface area (Å²) in [5.41, 5.74) is 2.49. The average Bonchev–Trinajstić information content (AvgIpc) is 3.21. The summed E-state index contributed by atoms with van der Waals surface area (Å²) in [6.07, 6.45) is 0. The van der Waals surface area contributed by atoms with E-state index in [9.17, 15) is 4.79 Å². The molecule has 0 aliphatic rings. The summed E-state index contributed by atoms with van der Waals surface area (Å²) >= 11 is 0. The van der Waals surface area contributed by atoms with Crippen molar-refractivity contribution in [3.05, 3.63) is 53.5 Å². The molecule has 0 bridgehead atoms. The third kappa shape index (κ3) is 3.29. The van der Waals surface area contributed by atoms with E-state index in [1.54, 1.807) is 0 Å². The Morgan fingerprint density at radius 2 is 2.00 bits per heavy atom. The number of carbonyl (C=O) groups is 1. The van der Waals surface area contributed by atoms with Gasteiger partial charge in [-0.05, 0) is 19.0 Å². The zero-order valence-electron chi connectivity index (χ0n) is 13.4. The average molecular weight is 327 g/mol. The minimum absolute atomic E-state index is 0.108. The molecule has 3 rings (SSSR count). The van der Waals surface area contributed by atoms with Gasteiger partial charge in [0.25, 0.3) is 11.8 Å². The molecule has 0 atom stereocenters. The monoisotopic (exact) mass is 327 g/mol. The molecule has 1 aromatic carbocycles. The van der Waals surface area contributed by atoms with Crippen molar-refractivity contribution < 1.29 is 18.6 Å². The van der Waals surface area contributed by atoms with Crippen LogP contribution in [0.15, 0.2) is 45.4 Å². The van der Waals surface area contributed by atoms with Gasteiger partial charge < -0.3 is 19.1 Å². The maximum absolute atomic E-state index is 11.7. The van der Waals surface area contributed by atoms with Gasteiger partial charge >= 0.3 is 0 Å². The molecule has 2 aromatic heterocycles. The molecular weight excluding hydrogens is 310 g/mol. The molecule has 7 heteroatoms. The minimum atomic E-state index is -0.328. The maximum Gasteiger partial charge on any atom is 0.290 e. The second-order valence-electron chi connectivity index (χ2n) is 5.11. The van der Waals surface area contributed by atoms with Gasteiger partial charge in [0.15, 0.2) is 0 Å². The summed E-state index contributed by atoms with van der Waals surface area (Å²) in [4.78, 5) is 11.7. The fourth-order valence-corrected chi connectivity index (χ4v) is 2.21. The number of aromatic nitrogens is 2. The van der Waals surface area contributed by atoms with Gasteiger partial charge in [-0.25, -0.2) is 0 Å². The predicted molar refractivity (Wildman–Crippen MR) is 85.5 cm³/mol. The van der Waals surface area contributed by atoms with Gasteiger partial charge in [0.1, 0.15) is 18.1 Å². The van der Waals surface area contributed by atoms with E-state index in [1.165, 1.54) is 6.07 Å². The fraction of sp³-hybridized carbons (Fsp3) is 0.235. The van der Waals surface area contributed by atoms with E-state index in [0.29, 0.717) is 12.3 Å². The Balaban J connectivity index is 1.74. The third-order valence-corrected chi connectivity index (χ3v) is 3.45. The number of rotatable bonds is 6. The Morgan fingerprint density at radius 1 is 1.21 bits per heavy atom. The normalized spacial score (nSPS) is 10.6. The van der Waals surface area contributed by atoms with Crippen LogP contribution in [0.25, 0.3) is 11.3 Å². The van der Waals surface area contributed by atoms with Crippen LogP contribution in [0.5, 0.6) is 5.88 Å². The van der Waals surface area contributed by atoms with Gasteiger partial charge in [-0.1, -0.05) is 35.5 Å². The molecule has 124 valence electrons. The number of nitrogens with zero attached hydrogens (tertiary/aromatic N) is 2. The molecule has 1 N–H and O–H groups in total. The molecule has 0 saturated carbocycles. The number of benzene rings is 1. The lowest BCUT2D eigenvalue weighted by molar-refractivity contribution is 0.0918. The summed E-state index contributed by atoms with van der Waals surface area (Å²) in [6, 6.07) is 11.1. The second kappa shape index (κ2) is 6.99. The molecule has 0 radical (unpaired) electrons. The quantitative estimate of drug-likeness (QED) is 0.748. The zero-order valence-corrected chi connectivity index (χ0v) is 13.4. The van der Waals surface area contributed by atoms with Crippen molar-refractivity contribution in [3.63, 3.8) is 0 Å². The molecular formula is C17H17N3O4. The van der Waals surface area contributed by atoms with Crippen molar-refractivity contribution in [1.29, 1.82) is 0 Å². The van der Waals surface area contributed by atoms with E-state index in [2.05, 4.69) is 15.6 Å². The Hall–Kier alpha value is -3.09. The van der Waals surface area contributed by atoms with Crippen molar-refractivity contribution in [1.82, 2.24) is 15.6 Å². The highest BCUT2D eigenvalue weighted by Gasteiger charge is 2.17. The second-order valence-corrected chi connectivity index (χ2v) is 5.11. The smallest absolute Gasteiger partial charge is 0.290 e. The highest BCUT2D eigenvalue weighted by molar-refractivity contribution is 5.91. The van der Waals surface area contributed by atoms with Crippen LogP contribution in [0.3, 0.4) is 0 Å². The van der Waals surface area contributed by atoms with Crippen molar-refractivity contribution >= 4 is 5.91 Å². The largest absolute Gasteiger partial charge is 0.470 e. The standard InChI is InChI=1S/C17H17N3O4/c1-3-18-17(21)14-9-15(19-24-14)22-10-13-11(2)23-20-16(13)12-7-5-4-6-8-12/h4-9H,3,10H2,1-2H3,(H,18,21). The van der Waals surface area contributed by atoms with Crippen molar-refractivity contribution in [2.45, 2.75) is 20.5 Å². The molecule has 0 aliphatic carbocycles. The summed E-state index contributed by atoms with van der Waals surface area (Å²) in [5, 5.41) is 10.5. The first-order valence-corrected chi connectivity index (χ1v) is 7.57. The van der Waals surface area contributed by atoms with Crippen LogP contribution in [-0.2, 0) is 6.61 Å². The van der Waals surface area contributed by atoms with Gasteiger partial charge in [0.05, 0.1) is 11.6 Å². The Morgan fingerprint density at radius 3 is 2.75 bits per heavy atom. The van der Waals surface area contributed by atoms with Gasteiger partial charge in [-0.3, -0.25) is 4.79 Å². The molecule has 7 nitrogen and oxygen atoms in total. The van der Waals surface area contributed by atoms with Crippen LogP contribution < -0.4 is 10.1 Å². The number of nitrogens with one attached hydrogen (secondary N) is 1. The molecule has 24 heavy (non-hydrogen) atoms. The molecule has 0 unspecified atom stereocenters. The fourth-order valence-electron chi connectivity index (χ4n) is 2.21. The van der Waals surface area contributed by atoms with Gasteiger partial charge in [-0.2, -0.15) is 0 Å².